The number of carbonyl (C=O) groups excluding carboxylic acids is 1. The Morgan fingerprint density at radius 1 is 1.43 bits per heavy atom. The second kappa shape index (κ2) is 5.02. The van der Waals surface area contributed by atoms with Gasteiger partial charge in [0.2, 0.25) is 5.91 Å². The fraction of sp³-hybridized carbons (Fsp3) is 0.412. The van der Waals surface area contributed by atoms with E-state index in [0.717, 1.165) is 17.7 Å². The zero-order chi connectivity index (χ0) is 15.0. The Bertz CT molecular complexity index is 672. The summed E-state index contributed by atoms with van der Waals surface area (Å²) in [5, 5.41) is 7.38. The lowest BCUT2D eigenvalue weighted by Gasteiger charge is -2.06. The molecule has 21 heavy (non-hydrogen) atoms. The number of hydrogen-bond acceptors (Lipinski definition) is 2. The molecule has 1 unspecified atom stereocenters. The van der Waals surface area contributed by atoms with Crippen molar-refractivity contribution in [1.29, 1.82) is 0 Å². The Morgan fingerprint density at radius 3 is 2.81 bits per heavy atom. The van der Waals surface area contributed by atoms with Crippen molar-refractivity contribution in [2.45, 2.75) is 33.7 Å². The van der Waals surface area contributed by atoms with Crippen molar-refractivity contribution in [3.8, 4) is 5.69 Å². The van der Waals surface area contributed by atoms with Crippen LogP contribution in [0.4, 0.5) is 0 Å². The minimum atomic E-state index is 0.156. The van der Waals surface area contributed by atoms with Gasteiger partial charge in [0.25, 0.3) is 0 Å². The Hall–Kier alpha value is -2.10. The molecule has 1 aromatic heterocycles. The van der Waals surface area contributed by atoms with Crippen LogP contribution in [0.3, 0.4) is 0 Å². The first-order valence-electron chi connectivity index (χ1n) is 7.35. The number of amides is 1. The van der Waals surface area contributed by atoms with Crippen LogP contribution in [0.15, 0.2) is 36.7 Å². The third-order valence-electron chi connectivity index (χ3n) is 4.29. The van der Waals surface area contributed by atoms with Gasteiger partial charge in [0.1, 0.15) is 0 Å². The maximum absolute atomic E-state index is 12.0. The second-order valence-corrected chi connectivity index (χ2v) is 6.54. The van der Waals surface area contributed by atoms with E-state index >= 15 is 0 Å². The van der Waals surface area contributed by atoms with E-state index in [0.29, 0.717) is 6.54 Å². The second-order valence-electron chi connectivity index (χ2n) is 6.54. The van der Waals surface area contributed by atoms with E-state index in [1.807, 2.05) is 35.3 Å². The first-order chi connectivity index (χ1) is 9.97. The molecule has 0 bridgehead atoms. The average molecular weight is 283 g/mol. The highest BCUT2D eigenvalue weighted by molar-refractivity contribution is 5.82. The zero-order valence-corrected chi connectivity index (χ0v) is 12.8. The molecule has 0 aliphatic heterocycles. The highest BCUT2D eigenvalue weighted by Crippen LogP contribution is 2.51. The number of carbonyl (C=O) groups is 1. The Balaban J connectivity index is 1.64. The molecule has 0 radical (unpaired) electrons. The van der Waals surface area contributed by atoms with Crippen LogP contribution in [0.5, 0.6) is 0 Å². The van der Waals surface area contributed by atoms with Crippen LogP contribution in [0, 0.1) is 18.3 Å². The van der Waals surface area contributed by atoms with Crippen molar-refractivity contribution < 1.29 is 4.79 Å². The molecule has 0 saturated heterocycles. The molecule has 1 aliphatic carbocycles. The largest absolute Gasteiger partial charge is 0.352 e. The van der Waals surface area contributed by atoms with Crippen LogP contribution in [0.2, 0.25) is 0 Å². The van der Waals surface area contributed by atoms with Gasteiger partial charge in [0.05, 0.1) is 11.9 Å². The molecule has 3 rings (SSSR count). The van der Waals surface area contributed by atoms with Crippen LogP contribution in [-0.4, -0.2) is 15.7 Å². The van der Waals surface area contributed by atoms with E-state index in [-0.39, 0.29) is 17.2 Å². The molecule has 1 atom stereocenters. The molecule has 0 spiro atoms. The predicted octanol–water partition coefficient (Wildman–Crippen LogP) is 2.84. The van der Waals surface area contributed by atoms with Crippen LogP contribution >= 0.6 is 0 Å². The van der Waals surface area contributed by atoms with Gasteiger partial charge in [-0.2, -0.15) is 5.10 Å². The molecule has 1 aromatic carbocycles. The van der Waals surface area contributed by atoms with Crippen LogP contribution in [-0.2, 0) is 11.3 Å². The number of nitrogens with zero attached hydrogens (tertiary/aromatic N) is 2. The lowest BCUT2D eigenvalue weighted by Crippen LogP contribution is -2.25. The summed E-state index contributed by atoms with van der Waals surface area (Å²) in [5.74, 6) is 0.326. The maximum atomic E-state index is 12.0. The molecule has 1 fully saturated rings. The van der Waals surface area contributed by atoms with Gasteiger partial charge in [0.15, 0.2) is 0 Å². The molecule has 4 heteroatoms. The van der Waals surface area contributed by atoms with Gasteiger partial charge in [0, 0.05) is 24.2 Å². The number of para-hydroxylation sites is 1. The minimum Gasteiger partial charge on any atom is -0.352 e. The summed E-state index contributed by atoms with van der Waals surface area (Å²) in [6, 6.07) is 8.12. The van der Waals surface area contributed by atoms with E-state index in [2.05, 4.69) is 37.3 Å². The molecule has 1 N–H and O–H groups in total. The summed E-state index contributed by atoms with van der Waals surface area (Å²) in [6.45, 7) is 6.87. The van der Waals surface area contributed by atoms with Crippen LogP contribution in [0.1, 0.15) is 31.4 Å². The molecular formula is C17H21N3O. The maximum Gasteiger partial charge on any atom is 0.223 e. The highest BCUT2D eigenvalue weighted by Gasteiger charge is 2.50. The van der Waals surface area contributed by atoms with E-state index in [1.165, 1.54) is 5.56 Å². The number of benzene rings is 1. The van der Waals surface area contributed by atoms with E-state index in [4.69, 9.17) is 0 Å². The average Bonchev–Trinajstić information content (AvgIpc) is 2.87. The summed E-state index contributed by atoms with van der Waals surface area (Å²) >= 11 is 0. The first-order valence-corrected chi connectivity index (χ1v) is 7.35. The van der Waals surface area contributed by atoms with Gasteiger partial charge in [-0.15, -0.1) is 0 Å². The Kier molecular flexibility index (Phi) is 3.32. The number of aryl methyl sites for hydroxylation is 1. The molecule has 1 aliphatic rings. The van der Waals surface area contributed by atoms with Crippen molar-refractivity contribution in [2.75, 3.05) is 0 Å². The lowest BCUT2D eigenvalue weighted by atomic mass is 10.1. The smallest absolute Gasteiger partial charge is 0.223 e. The number of hydrogen-bond donors (Lipinski definition) is 1. The Morgan fingerprint density at radius 2 is 2.14 bits per heavy atom. The molecule has 1 amide bonds. The number of rotatable bonds is 4. The summed E-state index contributed by atoms with van der Waals surface area (Å²) in [4.78, 5) is 12.0. The Labute approximate surface area is 125 Å². The quantitative estimate of drug-likeness (QED) is 0.938. The van der Waals surface area contributed by atoms with Gasteiger partial charge in [-0.1, -0.05) is 32.0 Å². The third-order valence-corrected chi connectivity index (χ3v) is 4.29. The summed E-state index contributed by atoms with van der Waals surface area (Å²) < 4.78 is 1.86. The van der Waals surface area contributed by atoms with Crippen molar-refractivity contribution in [2.24, 2.45) is 11.3 Å². The molecule has 1 saturated carbocycles. The van der Waals surface area contributed by atoms with Crippen molar-refractivity contribution in [3.05, 3.63) is 47.8 Å². The number of nitrogens with one attached hydrogen (secondary N) is 1. The SMILES string of the molecule is Cc1ccccc1-n1cc(CNC(=O)C2CC2(C)C)cn1. The van der Waals surface area contributed by atoms with Crippen LogP contribution < -0.4 is 5.32 Å². The first kappa shape index (κ1) is 13.9. The standard InChI is InChI=1S/C17H21N3O/c1-12-6-4-5-7-15(12)20-11-13(10-19-20)9-18-16(21)14-8-17(14,2)3/h4-7,10-11,14H,8-9H2,1-3H3,(H,18,21). The van der Waals surface area contributed by atoms with Gasteiger partial charge in [-0.25, -0.2) is 4.68 Å². The fourth-order valence-electron chi connectivity index (χ4n) is 2.63. The summed E-state index contributed by atoms with van der Waals surface area (Å²) in [7, 11) is 0. The molecular weight excluding hydrogens is 262 g/mol. The number of aromatic nitrogens is 2. The molecule has 2 aromatic rings. The minimum absolute atomic E-state index is 0.156. The van der Waals surface area contributed by atoms with E-state index in [9.17, 15) is 4.79 Å². The highest BCUT2D eigenvalue weighted by atomic mass is 16.2. The van der Waals surface area contributed by atoms with Crippen LogP contribution in [0.25, 0.3) is 5.69 Å². The summed E-state index contributed by atoms with van der Waals surface area (Å²) in [6.07, 6.45) is 4.77. The van der Waals surface area contributed by atoms with E-state index in [1.54, 1.807) is 0 Å². The third kappa shape index (κ3) is 2.84. The van der Waals surface area contributed by atoms with Crippen molar-refractivity contribution in [3.63, 3.8) is 0 Å². The van der Waals surface area contributed by atoms with Gasteiger partial charge in [-0.3, -0.25) is 4.79 Å². The normalized spacial score (nSPS) is 19.3. The lowest BCUT2D eigenvalue weighted by molar-refractivity contribution is -0.123. The molecule has 110 valence electrons. The topological polar surface area (TPSA) is 46.9 Å². The van der Waals surface area contributed by atoms with E-state index < -0.39 is 0 Å². The predicted molar refractivity (Wildman–Crippen MR) is 82.0 cm³/mol. The van der Waals surface area contributed by atoms with Gasteiger partial charge >= 0.3 is 0 Å². The van der Waals surface area contributed by atoms with Crippen molar-refractivity contribution in [1.82, 2.24) is 15.1 Å². The molecule has 1 heterocycles. The fourth-order valence-corrected chi connectivity index (χ4v) is 2.63. The van der Waals surface area contributed by atoms with Crippen molar-refractivity contribution >= 4 is 5.91 Å². The van der Waals surface area contributed by atoms with Gasteiger partial charge in [-0.05, 0) is 30.4 Å². The monoisotopic (exact) mass is 283 g/mol. The van der Waals surface area contributed by atoms with Gasteiger partial charge < -0.3 is 5.32 Å². The zero-order valence-electron chi connectivity index (χ0n) is 12.8. The molecule has 4 nitrogen and oxygen atoms in total. The summed E-state index contributed by atoms with van der Waals surface area (Å²) in [5.41, 5.74) is 3.44.